The maximum absolute atomic E-state index is 11.6. The summed E-state index contributed by atoms with van der Waals surface area (Å²) in [4.78, 5) is 15.2. The molecule has 1 aromatic heterocycles. The molecule has 2 unspecified atom stereocenters. The molecule has 1 aliphatic heterocycles. The standard InChI is InChI=1S/C22H23NO2S2/c1-26-17-10-8-15(9-11-17)21(23-12-4-5-16(13-23)22(24)25)19-14-27-20-7-3-2-6-18(19)20/h2-3,6-11,14,16,21H,4-5,12-13H2,1H3,(H,24,25). The van der Waals surface area contributed by atoms with E-state index in [4.69, 9.17) is 0 Å². The number of nitrogens with zero attached hydrogens (tertiary/aromatic N) is 1. The van der Waals surface area contributed by atoms with Crippen LogP contribution in [0.2, 0.25) is 0 Å². The van der Waals surface area contributed by atoms with Crippen molar-refractivity contribution in [2.75, 3.05) is 19.3 Å². The Kier molecular flexibility index (Phi) is 5.53. The van der Waals surface area contributed by atoms with Crippen molar-refractivity contribution < 1.29 is 9.90 Å². The van der Waals surface area contributed by atoms with Crippen molar-refractivity contribution in [3.63, 3.8) is 0 Å². The van der Waals surface area contributed by atoms with E-state index in [2.05, 4.69) is 65.1 Å². The highest BCUT2D eigenvalue weighted by molar-refractivity contribution is 7.98. The molecule has 0 bridgehead atoms. The molecule has 1 N–H and O–H groups in total. The van der Waals surface area contributed by atoms with Gasteiger partial charge < -0.3 is 5.11 Å². The minimum Gasteiger partial charge on any atom is -0.481 e. The summed E-state index contributed by atoms with van der Waals surface area (Å²) in [5.74, 6) is -0.956. The second kappa shape index (κ2) is 8.05. The zero-order chi connectivity index (χ0) is 18.8. The number of piperidine rings is 1. The van der Waals surface area contributed by atoms with Gasteiger partial charge in [0.2, 0.25) is 0 Å². The lowest BCUT2D eigenvalue weighted by Gasteiger charge is -2.37. The maximum atomic E-state index is 11.6. The number of aliphatic carboxylic acids is 1. The van der Waals surface area contributed by atoms with Gasteiger partial charge in [-0.05, 0) is 65.7 Å². The van der Waals surface area contributed by atoms with E-state index in [0.717, 1.165) is 19.4 Å². The normalized spacial score (nSPS) is 19.2. The van der Waals surface area contributed by atoms with Gasteiger partial charge in [-0.25, -0.2) is 0 Å². The van der Waals surface area contributed by atoms with Crippen LogP contribution in [0.1, 0.15) is 30.0 Å². The van der Waals surface area contributed by atoms with Crippen molar-refractivity contribution in [3.05, 3.63) is 65.0 Å². The average Bonchev–Trinajstić information content (AvgIpc) is 3.13. The van der Waals surface area contributed by atoms with Crippen molar-refractivity contribution >= 4 is 39.2 Å². The van der Waals surface area contributed by atoms with Crippen LogP contribution < -0.4 is 0 Å². The first-order chi connectivity index (χ1) is 13.2. The summed E-state index contributed by atoms with van der Waals surface area (Å²) in [5.41, 5.74) is 2.53. The van der Waals surface area contributed by atoms with Gasteiger partial charge in [0.25, 0.3) is 0 Å². The molecule has 2 aromatic carbocycles. The van der Waals surface area contributed by atoms with E-state index in [1.54, 1.807) is 23.1 Å². The fourth-order valence-electron chi connectivity index (χ4n) is 4.03. The summed E-state index contributed by atoms with van der Waals surface area (Å²) in [6.45, 7) is 1.54. The zero-order valence-electron chi connectivity index (χ0n) is 15.3. The lowest BCUT2D eigenvalue weighted by molar-refractivity contribution is -0.143. The molecule has 0 saturated carbocycles. The summed E-state index contributed by atoms with van der Waals surface area (Å²) < 4.78 is 1.28. The molecule has 3 aromatic rings. The molecular weight excluding hydrogens is 374 g/mol. The Labute approximate surface area is 168 Å². The van der Waals surface area contributed by atoms with E-state index in [9.17, 15) is 9.90 Å². The van der Waals surface area contributed by atoms with Crippen LogP contribution in [0.15, 0.2) is 58.8 Å². The van der Waals surface area contributed by atoms with Crippen molar-refractivity contribution in [2.24, 2.45) is 5.92 Å². The van der Waals surface area contributed by atoms with Gasteiger partial charge in [0.1, 0.15) is 0 Å². The fourth-order valence-corrected chi connectivity index (χ4v) is 5.41. The highest BCUT2D eigenvalue weighted by Crippen LogP contribution is 2.39. The molecule has 0 aliphatic carbocycles. The Morgan fingerprint density at radius 3 is 2.74 bits per heavy atom. The van der Waals surface area contributed by atoms with Gasteiger partial charge in [0.15, 0.2) is 0 Å². The molecular formula is C22H23NO2S2. The van der Waals surface area contributed by atoms with Gasteiger partial charge in [-0.3, -0.25) is 9.69 Å². The number of benzene rings is 2. The molecule has 140 valence electrons. The highest BCUT2D eigenvalue weighted by atomic mass is 32.2. The smallest absolute Gasteiger partial charge is 0.307 e. The van der Waals surface area contributed by atoms with Crippen LogP contribution in [0, 0.1) is 5.92 Å². The first-order valence-electron chi connectivity index (χ1n) is 9.24. The number of thioether (sulfide) groups is 1. The van der Waals surface area contributed by atoms with Crippen LogP contribution in [0.5, 0.6) is 0 Å². The van der Waals surface area contributed by atoms with Crippen LogP contribution in [0.3, 0.4) is 0 Å². The number of hydrogen-bond acceptors (Lipinski definition) is 4. The molecule has 1 fully saturated rings. The number of hydrogen-bond donors (Lipinski definition) is 1. The SMILES string of the molecule is CSc1ccc(C(c2csc3ccccc23)N2CCCC(C(=O)O)C2)cc1. The third-order valence-corrected chi connectivity index (χ3v) is 7.13. The molecule has 0 spiro atoms. The molecule has 2 heterocycles. The van der Waals surface area contributed by atoms with Crippen molar-refractivity contribution in [3.8, 4) is 0 Å². The Bertz CT molecular complexity index is 935. The first-order valence-corrected chi connectivity index (χ1v) is 11.3. The first kappa shape index (κ1) is 18.5. The van der Waals surface area contributed by atoms with Gasteiger partial charge in [0, 0.05) is 16.1 Å². The van der Waals surface area contributed by atoms with E-state index in [1.807, 2.05) is 0 Å². The van der Waals surface area contributed by atoms with Gasteiger partial charge in [-0.2, -0.15) is 0 Å². The largest absolute Gasteiger partial charge is 0.481 e. The molecule has 0 amide bonds. The minimum atomic E-state index is -0.675. The van der Waals surface area contributed by atoms with Crippen LogP contribution in [-0.4, -0.2) is 35.3 Å². The number of carboxylic acid groups (broad SMARTS) is 1. The monoisotopic (exact) mass is 397 g/mol. The Hall–Kier alpha value is -1.82. The summed E-state index contributed by atoms with van der Waals surface area (Å²) in [6.07, 6.45) is 3.79. The molecule has 4 rings (SSSR count). The molecule has 0 radical (unpaired) electrons. The molecule has 1 saturated heterocycles. The maximum Gasteiger partial charge on any atom is 0.307 e. The molecule has 1 aliphatic rings. The number of fused-ring (bicyclic) bond motifs is 1. The third kappa shape index (κ3) is 3.77. The van der Waals surface area contributed by atoms with Crippen molar-refractivity contribution in [1.29, 1.82) is 0 Å². The lowest BCUT2D eigenvalue weighted by Crippen LogP contribution is -2.41. The van der Waals surface area contributed by atoms with Gasteiger partial charge >= 0.3 is 5.97 Å². The number of rotatable bonds is 5. The molecule has 5 heteroatoms. The highest BCUT2D eigenvalue weighted by Gasteiger charge is 2.32. The average molecular weight is 398 g/mol. The number of carbonyl (C=O) groups is 1. The van der Waals surface area contributed by atoms with E-state index in [1.165, 1.54) is 26.1 Å². The second-order valence-electron chi connectivity index (χ2n) is 7.04. The van der Waals surface area contributed by atoms with Crippen LogP contribution in [0.25, 0.3) is 10.1 Å². The van der Waals surface area contributed by atoms with Gasteiger partial charge in [-0.15, -0.1) is 23.1 Å². The fraction of sp³-hybridized carbons (Fsp3) is 0.318. The van der Waals surface area contributed by atoms with Gasteiger partial charge in [0.05, 0.1) is 12.0 Å². The Morgan fingerprint density at radius 2 is 2.00 bits per heavy atom. The second-order valence-corrected chi connectivity index (χ2v) is 8.83. The summed E-state index contributed by atoms with van der Waals surface area (Å²) >= 11 is 3.51. The van der Waals surface area contributed by atoms with E-state index < -0.39 is 5.97 Å². The number of thiophene rings is 1. The van der Waals surface area contributed by atoms with Crippen LogP contribution >= 0.6 is 23.1 Å². The zero-order valence-corrected chi connectivity index (χ0v) is 16.9. The predicted molar refractivity (Wildman–Crippen MR) is 114 cm³/mol. The summed E-state index contributed by atoms with van der Waals surface area (Å²) in [7, 11) is 0. The van der Waals surface area contributed by atoms with Crippen molar-refractivity contribution in [2.45, 2.75) is 23.8 Å². The quantitative estimate of drug-likeness (QED) is 0.576. The number of carboxylic acids is 1. The van der Waals surface area contributed by atoms with E-state index in [0.29, 0.717) is 6.54 Å². The molecule has 27 heavy (non-hydrogen) atoms. The van der Waals surface area contributed by atoms with Crippen molar-refractivity contribution in [1.82, 2.24) is 4.90 Å². The predicted octanol–water partition coefficient (Wildman–Crippen LogP) is 5.51. The van der Waals surface area contributed by atoms with Gasteiger partial charge in [-0.1, -0.05) is 30.3 Å². The summed E-state index contributed by atoms with van der Waals surface area (Å²) in [6, 6.07) is 17.3. The molecule has 2 atom stereocenters. The van der Waals surface area contributed by atoms with E-state index in [-0.39, 0.29) is 12.0 Å². The lowest BCUT2D eigenvalue weighted by atomic mass is 9.91. The topological polar surface area (TPSA) is 40.5 Å². The minimum absolute atomic E-state index is 0.0965. The molecule has 3 nitrogen and oxygen atoms in total. The summed E-state index contributed by atoms with van der Waals surface area (Å²) in [5, 5.41) is 13.1. The van der Waals surface area contributed by atoms with Crippen LogP contribution in [-0.2, 0) is 4.79 Å². The van der Waals surface area contributed by atoms with Crippen LogP contribution in [0.4, 0.5) is 0 Å². The number of likely N-dealkylation sites (tertiary alicyclic amines) is 1. The Balaban J connectivity index is 1.78. The van der Waals surface area contributed by atoms with E-state index >= 15 is 0 Å². The third-order valence-electron chi connectivity index (χ3n) is 5.40. The Morgan fingerprint density at radius 1 is 1.22 bits per heavy atom.